The Hall–Kier alpha value is -1.91. The molecule has 0 spiro atoms. The number of piperazine rings is 1. The van der Waals surface area contributed by atoms with E-state index in [0.29, 0.717) is 6.04 Å². The molecule has 1 N–H and O–H groups in total. The average molecular weight is 311 g/mol. The molecule has 0 saturated carbocycles. The summed E-state index contributed by atoms with van der Waals surface area (Å²) in [6.45, 7) is 8.10. The Kier molecular flexibility index (Phi) is 5.26. The molecule has 0 radical (unpaired) electrons. The molecular formula is C19H25N3O. The first-order valence-electron chi connectivity index (χ1n) is 8.32. The average Bonchev–Trinajstić information content (AvgIpc) is 2.56. The van der Waals surface area contributed by atoms with E-state index >= 15 is 0 Å². The lowest BCUT2D eigenvalue weighted by Gasteiger charge is -2.34. The Balaban J connectivity index is 1.71. The maximum Gasteiger partial charge on any atom is 0.124 e. The molecule has 3 rings (SSSR count). The van der Waals surface area contributed by atoms with Crippen LogP contribution in [0.15, 0.2) is 48.8 Å². The van der Waals surface area contributed by atoms with Crippen LogP contribution in [0.5, 0.6) is 5.75 Å². The quantitative estimate of drug-likeness (QED) is 0.921. The fraction of sp³-hybridized carbons (Fsp3) is 0.421. The smallest absolute Gasteiger partial charge is 0.124 e. The Morgan fingerprint density at radius 3 is 2.91 bits per heavy atom. The van der Waals surface area contributed by atoms with Crippen LogP contribution in [0.25, 0.3) is 0 Å². The lowest BCUT2D eigenvalue weighted by atomic mass is 10.0. The largest absolute Gasteiger partial charge is 0.491 e. The zero-order valence-electron chi connectivity index (χ0n) is 13.9. The van der Waals surface area contributed by atoms with E-state index < -0.39 is 0 Å². The van der Waals surface area contributed by atoms with Crippen LogP contribution in [-0.4, -0.2) is 35.6 Å². The van der Waals surface area contributed by atoms with Gasteiger partial charge in [0.2, 0.25) is 0 Å². The van der Waals surface area contributed by atoms with Gasteiger partial charge in [-0.25, -0.2) is 0 Å². The summed E-state index contributed by atoms with van der Waals surface area (Å²) in [4.78, 5) is 6.69. The van der Waals surface area contributed by atoms with E-state index in [-0.39, 0.29) is 6.10 Å². The third-order valence-electron chi connectivity index (χ3n) is 4.05. The van der Waals surface area contributed by atoms with Crippen molar-refractivity contribution in [2.45, 2.75) is 32.5 Å². The summed E-state index contributed by atoms with van der Waals surface area (Å²) in [5.41, 5.74) is 2.51. The number of hydrogen-bond donors (Lipinski definition) is 1. The molecule has 1 fully saturated rings. The van der Waals surface area contributed by atoms with Crippen LogP contribution in [-0.2, 0) is 6.54 Å². The maximum atomic E-state index is 5.98. The number of aromatic nitrogens is 1. The molecule has 1 aromatic heterocycles. The number of ether oxygens (including phenoxy) is 1. The highest BCUT2D eigenvalue weighted by molar-refractivity contribution is 5.36. The molecule has 1 aromatic carbocycles. The first kappa shape index (κ1) is 16.0. The van der Waals surface area contributed by atoms with Gasteiger partial charge in [-0.2, -0.15) is 0 Å². The summed E-state index contributed by atoms with van der Waals surface area (Å²) < 4.78 is 5.98. The summed E-state index contributed by atoms with van der Waals surface area (Å²) in [5.74, 6) is 0.989. The van der Waals surface area contributed by atoms with Crippen LogP contribution in [0.4, 0.5) is 0 Å². The van der Waals surface area contributed by atoms with Gasteiger partial charge in [-0.15, -0.1) is 0 Å². The standard InChI is InChI=1S/C19H25N3O/c1-15(2)23-19-8-4-3-7-17(19)18-14-22(11-10-21-18)13-16-6-5-9-20-12-16/h3-9,12,15,18,21H,10-11,13-14H2,1-2H3/t18-/m0/s1. The molecule has 4 nitrogen and oxygen atoms in total. The van der Waals surface area contributed by atoms with Gasteiger partial charge >= 0.3 is 0 Å². The number of nitrogens with one attached hydrogen (secondary N) is 1. The van der Waals surface area contributed by atoms with Gasteiger partial charge in [-0.1, -0.05) is 24.3 Å². The summed E-state index contributed by atoms with van der Waals surface area (Å²) in [5, 5.41) is 3.63. The van der Waals surface area contributed by atoms with Crippen molar-refractivity contribution in [3.8, 4) is 5.75 Å². The van der Waals surface area contributed by atoms with Crippen LogP contribution >= 0.6 is 0 Å². The van der Waals surface area contributed by atoms with Crippen molar-refractivity contribution in [2.24, 2.45) is 0 Å². The minimum absolute atomic E-state index is 0.186. The number of para-hydroxylation sites is 1. The number of nitrogens with zero attached hydrogens (tertiary/aromatic N) is 2. The fourth-order valence-electron chi connectivity index (χ4n) is 3.04. The highest BCUT2D eigenvalue weighted by Crippen LogP contribution is 2.28. The SMILES string of the molecule is CC(C)Oc1ccccc1[C@@H]1CN(Cc2cccnc2)CCN1. The molecule has 122 valence electrons. The molecule has 23 heavy (non-hydrogen) atoms. The van der Waals surface area contributed by atoms with Crippen LogP contribution in [0.1, 0.15) is 31.0 Å². The predicted molar refractivity (Wildman–Crippen MR) is 92.5 cm³/mol. The van der Waals surface area contributed by atoms with Crippen molar-refractivity contribution in [3.05, 3.63) is 59.9 Å². The monoisotopic (exact) mass is 311 g/mol. The van der Waals surface area contributed by atoms with E-state index in [1.807, 2.05) is 24.5 Å². The van der Waals surface area contributed by atoms with Crippen LogP contribution in [0.2, 0.25) is 0 Å². The van der Waals surface area contributed by atoms with E-state index in [9.17, 15) is 0 Å². The molecule has 0 amide bonds. The summed E-state index contributed by atoms with van der Waals surface area (Å²) >= 11 is 0. The van der Waals surface area contributed by atoms with Gasteiger partial charge in [-0.3, -0.25) is 9.88 Å². The summed E-state index contributed by atoms with van der Waals surface area (Å²) in [6, 6.07) is 12.8. The first-order valence-corrected chi connectivity index (χ1v) is 8.32. The molecular weight excluding hydrogens is 286 g/mol. The summed E-state index contributed by atoms with van der Waals surface area (Å²) in [7, 11) is 0. The van der Waals surface area contributed by atoms with Crippen molar-refractivity contribution in [2.75, 3.05) is 19.6 Å². The number of hydrogen-bond acceptors (Lipinski definition) is 4. The molecule has 4 heteroatoms. The highest BCUT2D eigenvalue weighted by atomic mass is 16.5. The van der Waals surface area contributed by atoms with E-state index in [1.54, 1.807) is 0 Å². The summed E-state index contributed by atoms with van der Waals surface area (Å²) in [6.07, 6.45) is 3.96. The molecule has 2 heterocycles. The van der Waals surface area contributed by atoms with E-state index in [0.717, 1.165) is 31.9 Å². The Morgan fingerprint density at radius 2 is 2.13 bits per heavy atom. The third kappa shape index (κ3) is 4.30. The molecule has 0 bridgehead atoms. The minimum atomic E-state index is 0.186. The first-order chi connectivity index (χ1) is 11.2. The van der Waals surface area contributed by atoms with Gasteiger partial charge in [0.05, 0.1) is 6.10 Å². The second-order valence-electron chi connectivity index (χ2n) is 6.31. The van der Waals surface area contributed by atoms with Crippen LogP contribution in [0, 0.1) is 0 Å². The number of pyridine rings is 1. The highest BCUT2D eigenvalue weighted by Gasteiger charge is 2.23. The van der Waals surface area contributed by atoms with Crippen molar-refractivity contribution in [1.29, 1.82) is 0 Å². The maximum absolute atomic E-state index is 5.98. The van der Waals surface area contributed by atoms with E-state index in [1.165, 1.54) is 11.1 Å². The third-order valence-corrected chi connectivity index (χ3v) is 4.05. The lowest BCUT2D eigenvalue weighted by Crippen LogP contribution is -2.45. The van der Waals surface area contributed by atoms with Gasteiger partial charge in [0.25, 0.3) is 0 Å². The van der Waals surface area contributed by atoms with Crippen molar-refractivity contribution < 1.29 is 4.74 Å². The second kappa shape index (κ2) is 7.57. The van der Waals surface area contributed by atoms with E-state index in [4.69, 9.17) is 4.74 Å². The fourth-order valence-corrected chi connectivity index (χ4v) is 3.04. The Bertz CT molecular complexity index is 615. The molecule has 1 aliphatic rings. The number of benzene rings is 1. The van der Waals surface area contributed by atoms with Gasteiger partial charge in [0.1, 0.15) is 5.75 Å². The predicted octanol–water partition coefficient (Wildman–Crippen LogP) is 3.02. The normalized spacial score (nSPS) is 19.0. The Morgan fingerprint density at radius 1 is 1.26 bits per heavy atom. The zero-order valence-corrected chi connectivity index (χ0v) is 13.9. The van der Waals surface area contributed by atoms with Crippen molar-refractivity contribution in [1.82, 2.24) is 15.2 Å². The molecule has 1 atom stereocenters. The molecule has 0 unspecified atom stereocenters. The van der Waals surface area contributed by atoms with Crippen LogP contribution in [0.3, 0.4) is 0 Å². The van der Waals surface area contributed by atoms with Crippen molar-refractivity contribution >= 4 is 0 Å². The van der Waals surface area contributed by atoms with Gasteiger partial charge in [0.15, 0.2) is 0 Å². The molecule has 1 aliphatic heterocycles. The van der Waals surface area contributed by atoms with Gasteiger partial charge in [0, 0.05) is 50.2 Å². The molecule has 0 aliphatic carbocycles. The second-order valence-corrected chi connectivity index (χ2v) is 6.31. The van der Waals surface area contributed by atoms with Crippen LogP contribution < -0.4 is 10.1 Å². The minimum Gasteiger partial charge on any atom is -0.491 e. The zero-order chi connectivity index (χ0) is 16.1. The number of rotatable bonds is 5. The van der Waals surface area contributed by atoms with Gasteiger partial charge < -0.3 is 10.1 Å². The van der Waals surface area contributed by atoms with Crippen molar-refractivity contribution in [3.63, 3.8) is 0 Å². The molecule has 1 saturated heterocycles. The molecule has 2 aromatic rings. The van der Waals surface area contributed by atoms with Gasteiger partial charge in [-0.05, 0) is 31.5 Å². The Labute approximate surface area is 138 Å². The lowest BCUT2D eigenvalue weighted by molar-refractivity contribution is 0.186. The van der Waals surface area contributed by atoms with E-state index in [2.05, 4.69) is 53.3 Å². The topological polar surface area (TPSA) is 37.4 Å².